The van der Waals surface area contributed by atoms with Crippen molar-refractivity contribution < 1.29 is 5.11 Å². The van der Waals surface area contributed by atoms with Crippen LogP contribution in [0.2, 0.25) is 0 Å². The maximum atomic E-state index is 9.09. The lowest BCUT2D eigenvalue weighted by atomic mass is 10.2. The summed E-state index contributed by atoms with van der Waals surface area (Å²) in [5, 5.41) is 8.93. The van der Waals surface area contributed by atoms with Gasteiger partial charge in [0.25, 0.3) is 0 Å². The first-order chi connectivity index (χ1) is 5.52. The average Bonchev–Trinajstić information content (AvgIpc) is 1.96. The predicted molar refractivity (Wildman–Crippen MR) is 50.6 cm³/mol. The minimum absolute atomic E-state index is 0.166. The second kappa shape index (κ2) is 3.15. The van der Waals surface area contributed by atoms with Gasteiger partial charge in [-0.1, -0.05) is 0 Å². The van der Waals surface area contributed by atoms with E-state index in [-0.39, 0.29) is 5.05 Å². The zero-order valence-electron chi connectivity index (χ0n) is 7.25. The fraction of sp³-hybridized carbons (Fsp3) is 0.375. The Morgan fingerprint density at radius 1 is 1.25 bits per heavy atom. The molecule has 1 heterocycles. The van der Waals surface area contributed by atoms with Crippen LogP contribution in [0.1, 0.15) is 22.8 Å². The maximum Gasteiger partial charge on any atom is 0.208 e. The van der Waals surface area contributed by atoms with Crippen LogP contribution in [0.25, 0.3) is 0 Å². The standard InChI is InChI=1S/C8H10N2OS/c1-4-5(2)9-6(3)10-7(4)8(11)12/h1-3H3,(H,11,12). The number of aromatic nitrogens is 2. The molecule has 3 nitrogen and oxygen atoms in total. The van der Waals surface area contributed by atoms with Crippen LogP contribution >= 0.6 is 12.2 Å². The molecule has 0 amide bonds. The third kappa shape index (κ3) is 1.58. The first kappa shape index (κ1) is 9.06. The highest BCUT2D eigenvalue weighted by atomic mass is 32.1. The van der Waals surface area contributed by atoms with Crippen molar-refractivity contribution in [1.82, 2.24) is 9.97 Å². The molecule has 0 aromatic carbocycles. The highest BCUT2D eigenvalue weighted by Gasteiger charge is 2.08. The molecule has 4 heteroatoms. The zero-order chi connectivity index (χ0) is 9.30. The van der Waals surface area contributed by atoms with Crippen molar-refractivity contribution in [3.63, 3.8) is 0 Å². The smallest absolute Gasteiger partial charge is 0.208 e. The summed E-state index contributed by atoms with van der Waals surface area (Å²) < 4.78 is 0. The van der Waals surface area contributed by atoms with Gasteiger partial charge in [0.1, 0.15) is 11.5 Å². The largest absolute Gasteiger partial charge is 0.497 e. The predicted octanol–water partition coefficient (Wildman–Crippen LogP) is 1.64. The van der Waals surface area contributed by atoms with E-state index in [4.69, 9.17) is 5.11 Å². The molecule has 1 aromatic heterocycles. The van der Waals surface area contributed by atoms with Crippen molar-refractivity contribution >= 4 is 17.3 Å². The van der Waals surface area contributed by atoms with Crippen LogP contribution in [-0.4, -0.2) is 20.1 Å². The first-order valence-electron chi connectivity index (χ1n) is 3.57. The van der Waals surface area contributed by atoms with Gasteiger partial charge in [-0.15, -0.1) is 0 Å². The van der Waals surface area contributed by atoms with Gasteiger partial charge in [-0.2, -0.15) is 0 Å². The Balaban J connectivity index is 3.37. The van der Waals surface area contributed by atoms with E-state index < -0.39 is 0 Å². The molecule has 1 rings (SSSR count). The Hall–Kier alpha value is -1.03. The van der Waals surface area contributed by atoms with Crippen molar-refractivity contribution in [1.29, 1.82) is 0 Å². The monoisotopic (exact) mass is 182 g/mol. The molecule has 0 spiro atoms. The maximum absolute atomic E-state index is 9.09. The summed E-state index contributed by atoms with van der Waals surface area (Å²) in [5.41, 5.74) is 2.16. The van der Waals surface area contributed by atoms with Crippen LogP contribution in [0.4, 0.5) is 0 Å². The van der Waals surface area contributed by atoms with Crippen molar-refractivity contribution in [3.05, 3.63) is 22.8 Å². The Labute approximate surface area is 76.5 Å². The minimum atomic E-state index is -0.166. The molecular weight excluding hydrogens is 172 g/mol. The molecule has 0 unspecified atom stereocenters. The van der Waals surface area contributed by atoms with E-state index in [2.05, 4.69) is 22.2 Å². The molecule has 1 aromatic rings. The summed E-state index contributed by atoms with van der Waals surface area (Å²) in [7, 11) is 0. The Morgan fingerprint density at radius 2 is 1.83 bits per heavy atom. The summed E-state index contributed by atoms with van der Waals surface area (Å²) >= 11 is 4.63. The number of nitrogens with zero attached hydrogens (tertiary/aromatic N) is 2. The van der Waals surface area contributed by atoms with E-state index in [1.807, 2.05) is 13.8 Å². The van der Waals surface area contributed by atoms with Crippen molar-refractivity contribution in [3.8, 4) is 0 Å². The zero-order valence-corrected chi connectivity index (χ0v) is 8.07. The van der Waals surface area contributed by atoms with E-state index in [1.54, 1.807) is 6.92 Å². The highest BCUT2D eigenvalue weighted by molar-refractivity contribution is 7.80. The molecule has 0 saturated heterocycles. The van der Waals surface area contributed by atoms with Crippen molar-refractivity contribution in [2.45, 2.75) is 20.8 Å². The van der Waals surface area contributed by atoms with Crippen LogP contribution < -0.4 is 0 Å². The number of hydrogen-bond donors (Lipinski definition) is 1. The molecule has 0 aliphatic rings. The third-order valence-electron chi connectivity index (χ3n) is 1.70. The molecule has 0 atom stereocenters. The molecule has 0 fully saturated rings. The highest BCUT2D eigenvalue weighted by Crippen LogP contribution is 2.09. The third-order valence-corrected chi connectivity index (χ3v) is 1.90. The molecule has 0 aliphatic heterocycles. The van der Waals surface area contributed by atoms with Crippen LogP contribution in [0.5, 0.6) is 0 Å². The fourth-order valence-corrected chi connectivity index (χ4v) is 1.18. The first-order valence-corrected chi connectivity index (χ1v) is 3.98. The lowest BCUT2D eigenvalue weighted by molar-refractivity contribution is 0.567. The van der Waals surface area contributed by atoms with Crippen LogP contribution in [0.3, 0.4) is 0 Å². The summed E-state index contributed by atoms with van der Waals surface area (Å²) in [5.74, 6) is 0.629. The van der Waals surface area contributed by atoms with E-state index >= 15 is 0 Å². The van der Waals surface area contributed by atoms with E-state index in [9.17, 15) is 0 Å². The number of thiocarbonyl (C=S) groups is 1. The number of hydrogen-bond acceptors (Lipinski definition) is 3. The molecule has 0 aliphatic carbocycles. The quantitative estimate of drug-likeness (QED) is 0.670. The van der Waals surface area contributed by atoms with Crippen LogP contribution in [-0.2, 0) is 0 Å². The van der Waals surface area contributed by atoms with E-state index in [0.29, 0.717) is 11.5 Å². The van der Waals surface area contributed by atoms with E-state index in [1.165, 1.54) is 0 Å². The number of aliphatic hydroxyl groups is 1. The normalized spacial score (nSPS) is 9.92. The van der Waals surface area contributed by atoms with Crippen molar-refractivity contribution in [2.75, 3.05) is 0 Å². The molecule has 12 heavy (non-hydrogen) atoms. The topological polar surface area (TPSA) is 46.0 Å². The van der Waals surface area contributed by atoms with Gasteiger partial charge in [0, 0.05) is 11.3 Å². The molecule has 64 valence electrons. The minimum Gasteiger partial charge on any atom is -0.497 e. The second-order valence-electron chi connectivity index (χ2n) is 2.63. The van der Waals surface area contributed by atoms with Gasteiger partial charge < -0.3 is 5.11 Å². The Kier molecular flexibility index (Phi) is 2.38. The van der Waals surface area contributed by atoms with E-state index in [0.717, 1.165) is 11.3 Å². The molecule has 0 bridgehead atoms. The SMILES string of the molecule is Cc1nc(C)c(C)c(C(O)=S)n1. The van der Waals surface area contributed by atoms with Gasteiger partial charge in [0.2, 0.25) is 5.05 Å². The molecular formula is C8H10N2OS. The summed E-state index contributed by atoms with van der Waals surface area (Å²) in [6, 6.07) is 0. The molecule has 0 saturated carbocycles. The lowest BCUT2D eigenvalue weighted by Gasteiger charge is -2.05. The van der Waals surface area contributed by atoms with Gasteiger partial charge in [-0.05, 0) is 33.0 Å². The molecule has 0 radical (unpaired) electrons. The Bertz CT molecular complexity index is 336. The lowest BCUT2D eigenvalue weighted by Crippen LogP contribution is -2.07. The summed E-state index contributed by atoms with van der Waals surface area (Å²) in [6.45, 7) is 5.48. The van der Waals surface area contributed by atoms with Gasteiger partial charge >= 0.3 is 0 Å². The fourth-order valence-electron chi connectivity index (χ4n) is 0.977. The summed E-state index contributed by atoms with van der Waals surface area (Å²) in [4.78, 5) is 8.17. The van der Waals surface area contributed by atoms with Gasteiger partial charge in [-0.25, -0.2) is 9.97 Å². The van der Waals surface area contributed by atoms with Crippen LogP contribution in [0, 0.1) is 20.8 Å². The number of rotatable bonds is 1. The van der Waals surface area contributed by atoms with Gasteiger partial charge in [0.05, 0.1) is 0 Å². The Morgan fingerprint density at radius 3 is 2.33 bits per heavy atom. The van der Waals surface area contributed by atoms with Gasteiger partial charge in [0.15, 0.2) is 0 Å². The van der Waals surface area contributed by atoms with Crippen molar-refractivity contribution in [2.24, 2.45) is 0 Å². The second-order valence-corrected chi connectivity index (χ2v) is 3.02. The number of aryl methyl sites for hydroxylation is 2. The van der Waals surface area contributed by atoms with Gasteiger partial charge in [-0.3, -0.25) is 0 Å². The number of aliphatic hydroxyl groups excluding tert-OH is 1. The average molecular weight is 182 g/mol. The summed E-state index contributed by atoms with van der Waals surface area (Å²) in [6.07, 6.45) is 0. The van der Waals surface area contributed by atoms with Crippen LogP contribution in [0.15, 0.2) is 0 Å². The molecule has 1 N–H and O–H groups in total.